The maximum Gasteiger partial charge on any atom is 0.252 e. The molecule has 182 valence electrons. The van der Waals surface area contributed by atoms with E-state index in [1.165, 1.54) is 24.3 Å². The molecule has 1 aliphatic heterocycles. The summed E-state index contributed by atoms with van der Waals surface area (Å²) < 4.78 is 28.3. The second-order valence-corrected chi connectivity index (χ2v) is 8.71. The van der Waals surface area contributed by atoms with Crippen molar-refractivity contribution in [3.8, 4) is 22.5 Å². The quantitative estimate of drug-likeness (QED) is 0.368. The highest BCUT2D eigenvalue weighted by molar-refractivity contribution is 6.01. The summed E-state index contributed by atoms with van der Waals surface area (Å²) in [5.41, 5.74) is 2.44. The number of pyridine rings is 1. The smallest absolute Gasteiger partial charge is 0.252 e. The molecular weight excluding hydrogens is 464 g/mol. The van der Waals surface area contributed by atoms with Crippen LogP contribution in [-0.2, 0) is 11.2 Å². The van der Waals surface area contributed by atoms with Gasteiger partial charge in [0.25, 0.3) is 5.91 Å². The number of carbonyl (C=O) groups excluding carboxylic acids is 2. The molecule has 0 aliphatic carbocycles. The molecule has 0 bridgehead atoms. The monoisotopic (exact) mass is 487 g/mol. The Morgan fingerprint density at radius 2 is 1.92 bits per heavy atom. The van der Waals surface area contributed by atoms with Gasteiger partial charge in [-0.05, 0) is 54.6 Å². The summed E-state index contributed by atoms with van der Waals surface area (Å²) in [6.45, 7) is 0.439. The summed E-state index contributed by atoms with van der Waals surface area (Å²) in [5.74, 6) is -1.63. The SMILES string of the molecule is O=C1C[C@H]([C@@H](Cc2ccccn2)NC(=O)c2cccc(F)c2-c2cc(-c3ccc(F)cc3)n[nH]2)CN1. The van der Waals surface area contributed by atoms with Gasteiger partial charge < -0.3 is 10.6 Å². The second kappa shape index (κ2) is 10.1. The number of carbonyl (C=O) groups is 2. The number of rotatable bonds is 7. The molecule has 0 unspecified atom stereocenters. The van der Waals surface area contributed by atoms with Crippen LogP contribution in [0.3, 0.4) is 0 Å². The van der Waals surface area contributed by atoms with Crippen molar-refractivity contribution in [3.63, 3.8) is 0 Å². The standard InChI is InChI=1S/C27H23F2N5O2/c28-18-9-7-16(8-10-18)23-14-24(34-33-23)26-20(5-3-6-21(26)29)27(36)32-22(17-12-25(35)31-15-17)13-19-4-1-2-11-30-19/h1-11,14,17,22H,12-13,15H2,(H,31,35)(H,32,36)(H,33,34)/t17-,22+/m0/s1. The molecule has 2 atom stereocenters. The first-order valence-corrected chi connectivity index (χ1v) is 11.6. The summed E-state index contributed by atoms with van der Waals surface area (Å²) in [7, 11) is 0. The first-order chi connectivity index (χ1) is 17.5. The molecule has 7 nitrogen and oxygen atoms in total. The molecule has 2 aromatic heterocycles. The van der Waals surface area contributed by atoms with Gasteiger partial charge in [-0.2, -0.15) is 5.10 Å². The number of amides is 2. The van der Waals surface area contributed by atoms with E-state index in [4.69, 9.17) is 0 Å². The predicted octanol–water partition coefficient (Wildman–Crippen LogP) is 3.89. The zero-order chi connectivity index (χ0) is 25.1. The Morgan fingerprint density at radius 3 is 2.64 bits per heavy atom. The Labute approximate surface area is 206 Å². The Balaban J connectivity index is 1.44. The molecule has 3 heterocycles. The number of H-pyrrole nitrogens is 1. The van der Waals surface area contributed by atoms with Crippen molar-refractivity contribution in [2.45, 2.75) is 18.9 Å². The van der Waals surface area contributed by atoms with Crippen LogP contribution in [0.15, 0.2) is 72.9 Å². The number of hydrogen-bond donors (Lipinski definition) is 3. The van der Waals surface area contributed by atoms with Crippen molar-refractivity contribution in [2.24, 2.45) is 5.92 Å². The first-order valence-electron chi connectivity index (χ1n) is 11.6. The maximum absolute atomic E-state index is 15.1. The number of aromatic nitrogens is 3. The number of halogens is 2. The summed E-state index contributed by atoms with van der Waals surface area (Å²) >= 11 is 0. The van der Waals surface area contributed by atoms with E-state index in [1.54, 1.807) is 36.5 Å². The Kier molecular flexibility index (Phi) is 6.53. The molecule has 3 N–H and O–H groups in total. The lowest BCUT2D eigenvalue weighted by Crippen LogP contribution is -2.43. The maximum atomic E-state index is 15.1. The minimum atomic E-state index is -0.587. The van der Waals surface area contributed by atoms with Gasteiger partial charge in [-0.25, -0.2) is 8.78 Å². The van der Waals surface area contributed by atoms with Crippen molar-refractivity contribution in [1.29, 1.82) is 0 Å². The second-order valence-electron chi connectivity index (χ2n) is 8.71. The molecule has 0 radical (unpaired) electrons. The Hall–Kier alpha value is -4.40. The van der Waals surface area contributed by atoms with Crippen molar-refractivity contribution < 1.29 is 18.4 Å². The van der Waals surface area contributed by atoms with Gasteiger partial charge in [0.15, 0.2) is 0 Å². The fourth-order valence-electron chi connectivity index (χ4n) is 4.44. The van der Waals surface area contributed by atoms with Crippen molar-refractivity contribution >= 4 is 11.8 Å². The van der Waals surface area contributed by atoms with E-state index in [0.29, 0.717) is 29.9 Å². The van der Waals surface area contributed by atoms with Crippen molar-refractivity contribution in [1.82, 2.24) is 25.8 Å². The number of nitrogens with zero attached hydrogens (tertiary/aromatic N) is 2. The molecule has 4 aromatic rings. The molecule has 1 saturated heterocycles. The zero-order valence-electron chi connectivity index (χ0n) is 19.2. The van der Waals surface area contributed by atoms with Crippen LogP contribution in [0.1, 0.15) is 22.5 Å². The lowest BCUT2D eigenvalue weighted by atomic mass is 9.93. The van der Waals surface area contributed by atoms with E-state index in [1.807, 2.05) is 12.1 Å². The third-order valence-electron chi connectivity index (χ3n) is 6.30. The Morgan fingerprint density at radius 1 is 1.08 bits per heavy atom. The molecule has 1 aliphatic rings. The van der Waals surface area contributed by atoms with Gasteiger partial charge >= 0.3 is 0 Å². The number of aromatic amines is 1. The number of benzene rings is 2. The topological polar surface area (TPSA) is 99.8 Å². The lowest BCUT2D eigenvalue weighted by Gasteiger charge is -2.24. The highest BCUT2D eigenvalue weighted by Gasteiger charge is 2.32. The van der Waals surface area contributed by atoms with Crippen LogP contribution in [0.25, 0.3) is 22.5 Å². The van der Waals surface area contributed by atoms with E-state index in [2.05, 4.69) is 25.8 Å². The zero-order valence-corrected chi connectivity index (χ0v) is 19.2. The van der Waals surface area contributed by atoms with Gasteiger partial charge in [-0.1, -0.05) is 12.1 Å². The largest absolute Gasteiger partial charge is 0.356 e. The van der Waals surface area contributed by atoms with Crippen LogP contribution in [0.5, 0.6) is 0 Å². The molecule has 0 saturated carbocycles. The minimum absolute atomic E-state index is 0.0718. The summed E-state index contributed by atoms with van der Waals surface area (Å²) in [6.07, 6.45) is 2.39. The van der Waals surface area contributed by atoms with Crippen LogP contribution in [0.4, 0.5) is 8.78 Å². The molecule has 2 amide bonds. The number of hydrogen-bond acceptors (Lipinski definition) is 4. The van der Waals surface area contributed by atoms with E-state index < -0.39 is 11.7 Å². The van der Waals surface area contributed by atoms with Gasteiger partial charge in [0.05, 0.1) is 17.0 Å². The third-order valence-corrected chi connectivity index (χ3v) is 6.30. The Bertz CT molecular complexity index is 1390. The lowest BCUT2D eigenvalue weighted by molar-refractivity contribution is -0.119. The molecule has 2 aromatic carbocycles. The van der Waals surface area contributed by atoms with E-state index in [-0.39, 0.29) is 41.2 Å². The molecule has 1 fully saturated rings. The highest BCUT2D eigenvalue weighted by Crippen LogP contribution is 2.29. The molecule has 36 heavy (non-hydrogen) atoms. The van der Waals surface area contributed by atoms with Gasteiger partial charge in [-0.15, -0.1) is 0 Å². The van der Waals surface area contributed by atoms with Crippen LogP contribution < -0.4 is 10.6 Å². The van der Waals surface area contributed by atoms with Gasteiger partial charge in [0, 0.05) is 54.4 Å². The molecule has 9 heteroatoms. The average Bonchev–Trinajstić information content (AvgIpc) is 3.54. The van der Waals surface area contributed by atoms with E-state index >= 15 is 4.39 Å². The third kappa shape index (κ3) is 5.00. The van der Waals surface area contributed by atoms with E-state index in [0.717, 1.165) is 5.69 Å². The van der Waals surface area contributed by atoms with Crippen LogP contribution in [0, 0.1) is 17.6 Å². The normalized spacial score (nSPS) is 15.9. The van der Waals surface area contributed by atoms with Gasteiger partial charge in [0.2, 0.25) is 5.91 Å². The minimum Gasteiger partial charge on any atom is -0.356 e. The van der Waals surface area contributed by atoms with Gasteiger partial charge in [0.1, 0.15) is 11.6 Å². The molecule has 0 spiro atoms. The summed E-state index contributed by atoms with van der Waals surface area (Å²) in [6, 6.07) is 16.8. The van der Waals surface area contributed by atoms with Crippen LogP contribution >= 0.6 is 0 Å². The molecular formula is C27H23F2N5O2. The fourth-order valence-corrected chi connectivity index (χ4v) is 4.44. The summed E-state index contributed by atoms with van der Waals surface area (Å²) in [4.78, 5) is 29.7. The van der Waals surface area contributed by atoms with Gasteiger partial charge in [-0.3, -0.25) is 19.7 Å². The van der Waals surface area contributed by atoms with Crippen LogP contribution in [-0.4, -0.2) is 39.6 Å². The van der Waals surface area contributed by atoms with Crippen molar-refractivity contribution in [3.05, 3.63) is 95.8 Å². The average molecular weight is 488 g/mol. The van der Waals surface area contributed by atoms with Crippen molar-refractivity contribution in [2.75, 3.05) is 6.54 Å². The van der Waals surface area contributed by atoms with Crippen LogP contribution in [0.2, 0.25) is 0 Å². The highest BCUT2D eigenvalue weighted by atomic mass is 19.1. The first kappa shape index (κ1) is 23.3. The summed E-state index contributed by atoms with van der Waals surface area (Å²) in [5, 5.41) is 12.8. The fraction of sp³-hybridized carbons (Fsp3) is 0.185. The molecule has 5 rings (SSSR count). The predicted molar refractivity (Wildman–Crippen MR) is 130 cm³/mol. The van der Waals surface area contributed by atoms with E-state index in [9.17, 15) is 14.0 Å². The number of nitrogens with one attached hydrogen (secondary N) is 3.